The van der Waals surface area contributed by atoms with Crippen molar-refractivity contribution >= 4 is 0 Å². The van der Waals surface area contributed by atoms with Crippen LogP contribution in [0.3, 0.4) is 0 Å². The van der Waals surface area contributed by atoms with Gasteiger partial charge in [-0.1, -0.05) is 0 Å². The molecule has 0 unspecified atom stereocenters. The van der Waals surface area contributed by atoms with Crippen molar-refractivity contribution in [3.8, 4) is 0 Å². The first-order valence-electron chi connectivity index (χ1n) is 0.700. The molecule has 0 radical (unpaired) electrons. The summed E-state index contributed by atoms with van der Waals surface area (Å²) in [5.41, 5.74) is 0. The standard InChI is InChI=1S/Ag.HNO3.H3N.H2O/c;2-1(3)4;;/h;(H,2,3,4);1H3;1H2/q+1;;;/p-1. The van der Waals surface area contributed by atoms with E-state index in [1.807, 2.05) is 21.5 Å². The van der Waals surface area contributed by atoms with Crippen LogP contribution >= 0.6 is 0 Å². The molecule has 0 rings (SSSR count). The van der Waals surface area contributed by atoms with Crippen molar-refractivity contribution in [3.05, 3.63) is 10.1 Å². The van der Waals surface area contributed by atoms with Crippen LogP contribution in [-0.4, -0.2) is 13.9 Å². The van der Waals surface area contributed by atoms with Crippen LogP contribution in [0.15, 0.2) is 0 Å². The van der Waals surface area contributed by atoms with E-state index in [9.17, 15) is 0 Å². The van der Waals surface area contributed by atoms with Crippen molar-refractivity contribution in [3.63, 3.8) is 0 Å². The second-order valence-corrected chi connectivity index (χ2v) is 0.238. The van der Waals surface area contributed by atoms with Crippen LogP contribution in [0.25, 0.3) is 0 Å². The van der Waals surface area contributed by atoms with Crippen LogP contribution in [0, 0.1) is 10.1 Å². The van der Waals surface area contributed by atoms with Crippen LogP contribution in [0.4, 0.5) is 0 Å². The summed E-state index contributed by atoms with van der Waals surface area (Å²) in [5.74, 6) is 0. The first kappa shape index (κ1) is 15.8. The van der Waals surface area contributed by atoms with Gasteiger partial charge < -0.3 is 11.4 Å². The first-order valence-corrected chi connectivity index (χ1v) is 1.36. The third-order valence-corrected chi connectivity index (χ3v) is 0. The van der Waals surface area contributed by atoms with Crippen molar-refractivity contribution in [2.75, 3.05) is 0 Å². The SMILES string of the molecule is N.O=[N+]([O-])O.[OH][Ag]. The zero-order chi connectivity index (χ0) is 5.58. The molecular weight excluding hydrogens is 200 g/mol. The van der Waals surface area contributed by atoms with Gasteiger partial charge in [-0.2, -0.15) is 0 Å². The molecule has 0 aliphatic rings. The summed E-state index contributed by atoms with van der Waals surface area (Å²) in [4.78, 5) is 8.36. The van der Waals surface area contributed by atoms with Gasteiger partial charge in [0.25, 0.3) is 5.09 Å². The Bertz CT molecular complexity index is 32.7. The maximum atomic E-state index is 8.36. The molecule has 0 aliphatic heterocycles. The number of hydrogen-bond donors (Lipinski definition) is 3. The Morgan fingerprint density at radius 1 is 1.57 bits per heavy atom. The summed E-state index contributed by atoms with van der Waals surface area (Å²) in [7, 11) is 0. The van der Waals surface area contributed by atoms with Crippen LogP contribution in [0.1, 0.15) is 0 Å². The predicted octanol–water partition coefficient (Wildman–Crippen LogP) is -0.745. The predicted molar refractivity (Wildman–Crippen MR) is 16.0 cm³/mol. The van der Waals surface area contributed by atoms with Crippen LogP contribution in [0.5, 0.6) is 0 Å². The van der Waals surface area contributed by atoms with E-state index in [0.717, 1.165) is 0 Å². The Kier molecular flexibility index (Phi) is 38.2. The van der Waals surface area contributed by atoms with E-state index >= 15 is 0 Å². The van der Waals surface area contributed by atoms with E-state index in [4.69, 9.17) is 18.9 Å². The van der Waals surface area contributed by atoms with Gasteiger partial charge in [-0.05, 0) is 0 Å². The van der Waals surface area contributed by atoms with Gasteiger partial charge in [-0.15, -0.1) is 10.1 Å². The van der Waals surface area contributed by atoms with Crippen LogP contribution in [-0.2, 0) is 21.5 Å². The van der Waals surface area contributed by atoms with E-state index in [1.165, 1.54) is 0 Å². The summed E-state index contributed by atoms with van der Waals surface area (Å²) >= 11 is 1.95. The first-order chi connectivity index (χ1) is 2.73. The van der Waals surface area contributed by atoms with E-state index < -0.39 is 5.09 Å². The van der Waals surface area contributed by atoms with E-state index in [2.05, 4.69) is 0 Å². The second kappa shape index (κ2) is 16.9. The number of hydrogen-bond acceptors (Lipinski definition) is 4. The van der Waals surface area contributed by atoms with Gasteiger partial charge in [-0.3, -0.25) is 0 Å². The summed E-state index contributed by atoms with van der Waals surface area (Å²) < 4.78 is 6.81. The maximum absolute atomic E-state index is 8.36. The molecule has 0 saturated carbocycles. The van der Waals surface area contributed by atoms with Crippen molar-refractivity contribution in [2.24, 2.45) is 0 Å². The molecule has 50 valence electrons. The van der Waals surface area contributed by atoms with Gasteiger partial charge in [0.2, 0.25) is 0 Å². The van der Waals surface area contributed by atoms with Crippen LogP contribution < -0.4 is 6.15 Å². The van der Waals surface area contributed by atoms with E-state index in [1.54, 1.807) is 0 Å². The summed E-state index contributed by atoms with van der Waals surface area (Å²) in [5, 5.41) is 13.6. The average molecular weight is 205 g/mol. The molecule has 0 heterocycles. The molecule has 0 aliphatic carbocycles. The molecule has 0 amide bonds. The quantitative estimate of drug-likeness (QED) is 0.273. The Hall–Kier alpha value is -0.140. The molecule has 0 aromatic carbocycles. The molecule has 7 heavy (non-hydrogen) atoms. The Balaban J connectivity index is -0.0000000480. The summed E-state index contributed by atoms with van der Waals surface area (Å²) in [6.45, 7) is 0. The van der Waals surface area contributed by atoms with Crippen molar-refractivity contribution in [1.29, 1.82) is 0 Å². The zero-order valence-electron chi connectivity index (χ0n) is 3.17. The Morgan fingerprint density at radius 2 is 1.57 bits per heavy atom. The third-order valence-electron chi connectivity index (χ3n) is 0. The molecule has 0 spiro atoms. The molecule has 0 atom stereocenters. The molecule has 0 aromatic heterocycles. The normalized spacial score (nSPS) is 4.43. The van der Waals surface area contributed by atoms with E-state index in [0.29, 0.717) is 0 Å². The van der Waals surface area contributed by atoms with Gasteiger partial charge >= 0.3 is 25.1 Å². The Morgan fingerprint density at radius 3 is 1.57 bits per heavy atom. The van der Waals surface area contributed by atoms with Gasteiger partial charge in [0, 0.05) is 0 Å². The minimum absolute atomic E-state index is 0. The molecule has 0 saturated heterocycles. The average Bonchev–Trinajstić information content (AvgIpc) is 1.41. The Labute approximate surface area is 52.2 Å². The van der Waals surface area contributed by atoms with Crippen molar-refractivity contribution in [2.45, 2.75) is 0 Å². The third kappa shape index (κ3) is 4470. The van der Waals surface area contributed by atoms with Gasteiger partial charge in [0.1, 0.15) is 0 Å². The van der Waals surface area contributed by atoms with Gasteiger partial charge in [0.15, 0.2) is 0 Å². The van der Waals surface area contributed by atoms with Gasteiger partial charge in [-0.25, -0.2) is 0 Å². The summed E-state index contributed by atoms with van der Waals surface area (Å²) in [6, 6.07) is 0. The van der Waals surface area contributed by atoms with Crippen molar-refractivity contribution < 1.29 is 35.4 Å². The van der Waals surface area contributed by atoms with Crippen LogP contribution in [0.2, 0.25) is 0 Å². The minimum atomic E-state index is -1.50. The van der Waals surface area contributed by atoms with E-state index in [-0.39, 0.29) is 6.15 Å². The molecular formula is H5AgN2O4. The molecule has 6 nitrogen and oxygen atoms in total. The second-order valence-electron chi connectivity index (χ2n) is 0.238. The molecule has 7 heteroatoms. The molecule has 0 aromatic rings. The monoisotopic (exact) mass is 204 g/mol. The number of rotatable bonds is 0. The number of nitrogens with zero attached hydrogens (tertiary/aromatic N) is 1. The fraction of sp³-hybridized carbons (Fsp3) is 0. The van der Waals surface area contributed by atoms with Gasteiger partial charge in [0.05, 0.1) is 0 Å². The summed E-state index contributed by atoms with van der Waals surface area (Å²) in [6.07, 6.45) is 0. The zero-order valence-corrected chi connectivity index (χ0v) is 4.65. The fourth-order valence-electron chi connectivity index (χ4n) is 0. The molecule has 0 bridgehead atoms. The topological polar surface area (TPSA) is 119 Å². The fourth-order valence-corrected chi connectivity index (χ4v) is 0. The molecule has 0 fully saturated rings. The molecule has 5 N–H and O–H groups in total. The van der Waals surface area contributed by atoms with Crippen molar-refractivity contribution in [1.82, 2.24) is 6.15 Å².